The van der Waals surface area contributed by atoms with Gasteiger partial charge in [-0.1, -0.05) is 0 Å². The minimum atomic E-state index is -2.40. The summed E-state index contributed by atoms with van der Waals surface area (Å²) >= 11 is 0. The van der Waals surface area contributed by atoms with Gasteiger partial charge in [-0.05, 0) is 13.0 Å². The summed E-state index contributed by atoms with van der Waals surface area (Å²) in [6.07, 6.45) is -1.34. The van der Waals surface area contributed by atoms with Crippen molar-refractivity contribution in [1.29, 1.82) is 0 Å². The molecule has 0 saturated carbocycles. The molecule has 0 aromatic carbocycles. The Bertz CT molecular complexity index is 326. The van der Waals surface area contributed by atoms with Crippen molar-refractivity contribution < 1.29 is 18.3 Å². The molecule has 1 heterocycles. The van der Waals surface area contributed by atoms with Crippen LogP contribution in [-0.4, -0.2) is 28.8 Å². The molecule has 0 spiro atoms. The highest BCUT2D eigenvalue weighted by molar-refractivity contribution is 5.87. The summed E-state index contributed by atoms with van der Waals surface area (Å²) < 4.78 is 29.9. The first-order valence-electron chi connectivity index (χ1n) is 4.62. The number of ether oxygens (including phenoxy) is 1. The van der Waals surface area contributed by atoms with E-state index in [1.807, 2.05) is 0 Å². The molecule has 0 unspecified atom stereocenters. The number of rotatable bonds is 5. The van der Waals surface area contributed by atoms with E-state index < -0.39 is 12.4 Å². The number of nitrogens with zero attached hydrogens (tertiary/aromatic N) is 2. The summed E-state index contributed by atoms with van der Waals surface area (Å²) in [7, 11) is 0. The summed E-state index contributed by atoms with van der Waals surface area (Å²) in [6.45, 7) is 1.94. The quantitative estimate of drug-likeness (QED) is 0.707. The Labute approximate surface area is 85.8 Å². The zero-order valence-corrected chi connectivity index (χ0v) is 8.32. The molecule has 0 aliphatic heterocycles. The smallest absolute Gasteiger partial charge is 0.356 e. The lowest BCUT2D eigenvalue weighted by molar-refractivity contribution is 0.0508. The van der Waals surface area contributed by atoms with Crippen LogP contribution in [0.1, 0.15) is 23.8 Å². The summed E-state index contributed by atoms with van der Waals surface area (Å²) in [5.41, 5.74) is 0.206. The van der Waals surface area contributed by atoms with E-state index in [1.165, 1.54) is 16.9 Å². The van der Waals surface area contributed by atoms with Gasteiger partial charge in [0.15, 0.2) is 0 Å². The van der Waals surface area contributed by atoms with Crippen LogP contribution < -0.4 is 0 Å². The molecule has 0 saturated heterocycles. The Morgan fingerprint density at radius 1 is 1.67 bits per heavy atom. The maximum absolute atomic E-state index is 12.0. The van der Waals surface area contributed by atoms with Crippen LogP contribution in [0.15, 0.2) is 12.3 Å². The number of halogens is 2. The number of hydrogen-bond donors (Lipinski definition) is 0. The molecule has 4 nitrogen and oxygen atoms in total. The number of hydrogen-bond acceptors (Lipinski definition) is 3. The van der Waals surface area contributed by atoms with Gasteiger partial charge >= 0.3 is 5.97 Å². The second-order valence-electron chi connectivity index (χ2n) is 2.84. The molecule has 0 aliphatic rings. The van der Waals surface area contributed by atoms with Crippen LogP contribution in [0.3, 0.4) is 0 Å². The van der Waals surface area contributed by atoms with Crippen molar-refractivity contribution in [3.8, 4) is 0 Å². The fraction of sp³-hybridized carbons (Fsp3) is 0.556. The van der Waals surface area contributed by atoms with Crippen molar-refractivity contribution in [2.24, 2.45) is 0 Å². The van der Waals surface area contributed by atoms with E-state index in [9.17, 15) is 13.6 Å². The molecular formula is C9H12F2N2O2. The highest BCUT2D eigenvalue weighted by Gasteiger charge is 2.13. The molecule has 0 radical (unpaired) electrons. The van der Waals surface area contributed by atoms with Crippen LogP contribution in [0.2, 0.25) is 0 Å². The molecule has 0 fully saturated rings. The Balaban J connectivity index is 2.64. The summed E-state index contributed by atoms with van der Waals surface area (Å²) in [6, 6.07) is 1.45. The number of esters is 1. The first kappa shape index (κ1) is 11.6. The Kier molecular flexibility index (Phi) is 4.20. The first-order valence-corrected chi connectivity index (χ1v) is 4.62. The molecule has 6 heteroatoms. The van der Waals surface area contributed by atoms with Crippen LogP contribution in [0.4, 0.5) is 8.78 Å². The van der Waals surface area contributed by atoms with Crippen molar-refractivity contribution in [2.75, 3.05) is 6.61 Å². The van der Waals surface area contributed by atoms with Crippen molar-refractivity contribution in [3.05, 3.63) is 18.0 Å². The molecule has 1 aromatic heterocycles. The zero-order valence-electron chi connectivity index (χ0n) is 8.32. The van der Waals surface area contributed by atoms with E-state index in [4.69, 9.17) is 4.74 Å². The van der Waals surface area contributed by atoms with Crippen molar-refractivity contribution in [3.63, 3.8) is 0 Å². The van der Waals surface area contributed by atoms with E-state index in [0.29, 0.717) is 0 Å². The van der Waals surface area contributed by atoms with Crippen LogP contribution in [0.5, 0.6) is 0 Å². The lowest BCUT2D eigenvalue weighted by atomic mass is 10.4. The molecule has 0 atom stereocenters. The number of aromatic nitrogens is 2. The van der Waals surface area contributed by atoms with Crippen LogP contribution in [-0.2, 0) is 11.3 Å². The van der Waals surface area contributed by atoms with E-state index in [-0.39, 0.29) is 25.3 Å². The van der Waals surface area contributed by atoms with Gasteiger partial charge in [0.25, 0.3) is 0 Å². The highest BCUT2D eigenvalue weighted by atomic mass is 19.3. The van der Waals surface area contributed by atoms with Gasteiger partial charge in [0, 0.05) is 19.2 Å². The number of carbonyl (C=O) groups is 1. The molecule has 1 aromatic rings. The zero-order chi connectivity index (χ0) is 11.3. The second kappa shape index (κ2) is 5.43. The Morgan fingerprint density at radius 3 is 3.00 bits per heavy atom. The third-order valence-electron chi connectivity index (χ3n) is 1.76. The lowest BCUT2D eigenvalue weighted by Gasteiger charge is -2.06. The van der Waals surface area contributed by atoms with Gasteiger partial charge in [0.1, 0.15) is 5.69 Å². The van der Waals surface area contributed by atoms with Gasteiger partial charge in [-0.3, -0.25) is 4.68 Å². The molecule has 1 rings (SSSR count). The van der Waals surface area contributed by atoms with E-state index >= 15 is 0 Å². The fourth-order valence-corrected chi connectivity index (χ4v) is 1.11. The van der Waals surface area contributed by atoms with Crippen LogP contribution in [0.25, 0.3) is 0 Å². The number of alkyl halides is 2. The minimum Gasteiger partial charge on any atom is -0.461 e. The fourth-order valence-electron chi connectivity index (χ4n) is 1.11. The Morgan fingerprint density at radius 2 is 2.40 bits per heavy atom. The van der Waals surface area contributed by atoms with Crippen molar-refractivity contribution >= 4 is 5.97 Å². The number of carbonyl (C=O) groups excluding carboxylic acids is 1. The van der Waals surface area contributed by atoms with Crippen molar-refractivity contribution in [1.82, 2.24) is 9.78 Å². The molecule has 15 heavy (non-hydrogen) atoms. The number of aryl methyl sites for hydroxylation is 1. The van der Waals surface area contributed by atoms with Crippen molar-refractivity contribution in [2.45, 2.75) is 26.3 Å². The third-order valence-corrected chi connectivity index (χ3v) is 1.76. The van der Waals surface area contributed by atoms with E-state index in [2.05, 4.69) is 5.10 Å². The van der Waals surface area contributed by atoms with Crippen LogP contribution in [0, 0.1) is 0 Å². The van der Waals surface area contributed by atoms with Gasteiger partial charge in [-0.2, -0.15) is 5.10 Å². The summed E-state index contributed by atoms with van der Waals surface area (Å²) in [4.78, 5) is 11.3. The predicted molar refractivity (Wildman–Crippen MR) is 48.8 cm³/mol. The van der Waals surface area contributed by atoms with Gasteiger partial charge < -0.3 is 4.74 Å². The van der Waals surface area contributed by atoms with Crippen LogP contribution >= 0.6 is 0 Å². The standard InChI is InChI=1S/C9H12F2N2O2/c1-2-15-9(14)7-3-5-12-13(7)6-4-8(10)11/h3,5,8H,2,4,6H2,1H3. The van der Waals surface area contributed by atoms with E-state index in [0.717, 1.165) is 0 Å². The van der Waals surface area contributed by atoms with Gasteiger partial charge in [0.2, 0.25) is 6.43 Å². The minimum absolute atomic E-state index is 0.0127. The first-order chi connectivity index (χ1) is 7.15. The van der Waals surface area contributed by atoms with Gasteiger partial charge in [-0.25, -0.2) is 13.6 Å². The van der Waals surface area contributed by atoms with Gasteiger partial charge in [-0.15, -0.1) is 0 Å². The summed E-state index contributed by atoms with van der Waals surface area (Å²) in [5, 5.41) is 3.77. The normalized spacial score (nSPS) is 10.7. The molecule has 84 valence electrons. The second-order valence-corrected chi connectivity index (χ2v) is 2.84. The topological polar surface area (TPSA) is 44.1 Å². The molecule has 0 bridgehead atoms. The lowest BCUT2D eigenvalue weighted by Crippen LogP contribution is -2.14. The third kappa shape index (κ3) is 3.30. The average molecular weight is 218 g/mol. The molecule has 0 amide bonds. The average Bonchev–Trinajstić information content (AvgIpc) is 2.62. The molecular weight excluding hydrogens is 206 g/mol. The largest absolute Gasteiger partial charge is 0.461 e. The highest BCUT2D eigenvalue weighted by Crippen LogP contribution is 2.06. The van der Waals surface area contributed by atoms with E-state index in [1.54, 1.807) is 6.92 Å². The Hall–Kier alpha value is -1.46. The maximum Gasteiger partial charge on any atom is 0.356 e. The molecule has 0 aliphatic carbocycles. The maximum atomic E-state index is 12.0. The van der Waals surface area contributed by atoms with Gasteiger partial charge in [0.05, 0.1) is 6.61 Å². The molecule has 0 N–H and O–H groups in total. The SMILES string of the molecule is CCOC(=O)c1ccnn1CCC(F)F. The monoisotopic (exact) mass is 218 g/mol. The predicted octanol–water partition coefficient (Wildman–Crippen LogP) is 1.72. The summed E-state index contributed by atoms with van der Waals surface area (Å²) in [5.74, 6) is -0.538.